The van der Waals surface area contributed by atoms with E-state index < -0.39 is 0 Å². The van der Waals surface area contributed by atoms with Crippen LogP contribution in [-0.2, 0) is 0 Å². The summed E-state index contributed by atoms with van der Waals surface area (Å²) >= 11 is 3.44. The van der Waals surface area contributed by atoms with Crippen molar-refractivity contribution >= 4 is 21.7 Å². The van der Waals surface area contributed by atoms with Gasteiger partial charge in [0.25, 0.3) is 0 Å². The van der Waals surface area contributed by atoms with E-state index in [0.29, 0.717) is 5.56 Å². The molecule has 0 heterocycles. The molecule has 0 aromatic heterocycles. The highest BCUT2D eigenvalue weighted by molar-refractivity contribution is 9.10. The summed E-state index contributed by atoms with van der Waals surface area (Å²) in [6.07, 6.45) is 0. The first-order valence-corrected chi connectivity index (χ1v) is 7.50. The summed E-state index contributed by atoms with van der Waals surface area (Å²) in [5.41, 5.74) is 3.44. The number of rotatable bonds is 3. The molecule has 21 heavy (non-hydrogen) atoms. The lowest BCUT2D eigenvalue weighted by Crippen LogP contribution is -2.03. The van der Waals surface area contributed by atoms with E-state index in [1.165, 1.54) is 0 Å². The molecular formula is C19H13BrO. The molecular weight excluding hydrogens is 324 g/mol. The summed E-state index contributed by atoms with van der Waals surface area (Å²) in [6, 6.07) is 25.1. The van der Waals surface area contributed by atoms with Crippen molar-refractivity contribution in [2.45, 2.75) is 0 Å². The van der Waals surface area contributed by atoms with E-state index in [4.69, 9.17) is 0 Å². The Balaban J connectivity index is 2.08. The average Bonchev–Trinajstić information content (AvgIpc) is 2.56. The molecule has 0 saturated heterocycles. The highest BCUT2D eigenvalue weighted by Gasteiger charge is 2.13. The maximum absolute atomic E-state index is 12.7. The van der Waals surface area contributed by atoms with Gasteiger partial charge in [0.1, 0.15) is 0 Å². The molecule has 0 aliphatic carbocycles. The number of halogens is 1. The third kappa shape index (κ3) is 2.96. The topological polar surface area (TPSA) is 17.1 Å². The van der Waals surface area contributed by atoms with Crippen LogP contribution in [0, 0.1) is 0 Å². The van der Waals surface area contributed by atoms with Gasteiger partial charge in [-0.25, -0.2) is 0 Å². The van der Waals surface area contributed by atoms with E-state index in [2.05, 4.69) is 15.9 Å². The summed E-state index contributed by atoms with van der Waals surface area (Å²) in [4.78, 5) is 12.7. The Hall–Kier alpha value is -2.19. The van der Waals surface area contributed by atoms with Crippen LogP contribution in [0.1, 0.15) is 15.9 Å². The molecule has 0 aliphatic rings. The standard InChI is InChI=1S/C19H13BrO/c20-16-12-10-14(11-13-16)17-8-4-5-9-18(17)19(21)15-6-2-1-3-7-15/h1-13H. The zero-order chi connectivity index (χ0) is 14.7. The summed E-state index contributed by atoms with van der Waals surface area (Å²) < 4.78 is 1.03. The van der Waals surface area contributed by atoms with Crippen LogP contribution in [-0.4, -0.2) is 5.78 Å². The SMILES string of the molecule is O=C(c1ccccc1)c1ccccc1-c1ccc(Br)cc1. The maximum Gasteiger partial charge on any atom is 0.193 e. The maximum atomic E-state index is 12.7. The molecule has 0 fully saturated rings. The van der Waals surface area contributed by atoms with Crippen LogP contribution in [0.25, 0.3) is 11.1 Å². The largest absolute Gasteiger partial charge is 0.289 e. The molecule has 2 heteroatoms. The fourth-order valence-electron chi connectivity index (χ4n) is 2.31. The Bertz CT molecular complexity index is 761. The molecule has 0 bridgehead atoms. The summed E-state index contributed by atoms with van der Waals surface area (Å²) in [5.74, 6) is 0.0501. The Kier molecular flexibility index (Phi) is 3.98. The van der Waals surface area contributed by atoms with Crippen LogP contribution in [0.5, 0.6) is 0 Å². The lowest BCUT2D eigenvalue weighted by Gasteiger charge is -2.09. The normalized spacial score (nSPS) is 10.3. The molecule has 0 atom stereocenters. The number of carbonyl (C=O) groups excluding carboxylic acids is 1. The van der Waals surface area contributed by atoms with Gasteiger partial charge in [-0.1, -0.05) is 82.7 Å². The van der Waals surface area contributed by atoms with Crippen molar-refractivity contribution < 1.29 is 4.79 Å². The van der Waals surface area contributed by atoms with Crippen LogP contribution >= 0.6 is 15.9 Å². The molecule has 3 aromatic rings. The number of hydrogen-bond donors (Lipinski definition) is 0. The quantitative estimate of drug-likeness (QED) is 0.589. The van der Waals surface area contributed by atoms with E-state index in [-0.39, 0.29) is 5.78 Å². The minimum atomic E-state index is 0.0501. The lowest BCUT2D eigenvalue weighted by atomic mass is 9.94. The summed E-state index contributed by atoms with van der Waals surface area (Å²) in [6.45, 7) is 0. The highest BCUT2D eigenvalue weighted by atomic mass is 79.9. The second-order valence-electron chi connectivity index (χ2n) is 4.75. The fourth-order valence-corrected chi connectivity index (χ4v) is 2.57. The molecule has 1 nitrogen and oxygen atoms in total. The first-order chi connectivity index (χ1) is 10.3. The highest BCUT2D eigenvalue weighted by Crippen LogP contribution is 2.27. The van der Waals surface area contributed by atoms with Gasteiger partial charge < -0.3 is 0 Å². The summed E-state index contributed by atoms with van der Waals surface area (Å²) in [7, 11) is 0. The van der Waals surface area contributed by atoms with Crippen LogP contribution in [0.4, 0.5) is 0 Å². The Morgan fingerprint density at radius 1 is 0.714 bits per heavy atom. The van der Waals surface area contributed by atoms with Crippen molar-refractivity contribution in [3.8, 4) is 11.1 Å². The van der Waals surface area contributed by atoms with Crippen molar-refractivity contribution in [3.63, 3.8) is 0 Å². The first kappa shape index (κ1) is 13.8. The second kappa shape index (κ2) is 6.06. The molecule has 0 N–H and O–H groups in total. The third-order valence-electron chi connectivity index (χ3n) is 3.36. The minimum absolute atomic E-state index is 0.0501. The lowest BCUT2D eigenvalue weighted by molar-refractivity contribution is 0.103. The molecule has 0 saturated carbocycles. The number of carbonyl (C=O) groups is 1. The molecule has 0 unspecified atom stereocenters. The third-order valence-corrected chi connectivity index (χ3v) is 3.89. The van der Waals surface area contributed by atoms with E-state index in [9.17, 15) is 4.79 Å². The van der Waals surface area contributed by atoms with Gasteiger partial charge in [-0.15, -0.1) is 0 Å². The van der Waals surface area contributed by atoms with E-state index in [0.717, 1.165) is 21.2 Å². The van der Waals surface area contributed by atoms with Gasteiger partial charge in [0.05, 0.1) is 0 Å². The van der Waals surface area contributed by atoms with E-state index in [1.807, 2.05) is 78.9 Å². The Labute approximate surface area is 132 Å². The van der Waals surface area contributed by atoms with E-state index in [1.54, 1.807) is 0 Å². The van der Waals surface area contributed by atoms with E-state index >= 15 is 0 Å². The zero-order valence-electron chi connectivity index (χ0n) is 11.3. The van der Waals surface area contributed by atoms with Gasteiger partial charge in [0.15, 0.2) is 5.78 Å². The number of benzene rings is 3. The van der Waals surface area contributed by atoms with Gasteiger partial charge in [0, 0.05) is 15.6 Å². The van der Waals surface area contributed by atoms with Crippen molar-refractivity contribution in [1.82, 2.24) is 0 Å². The van der Waals surface area contributed by atoms with Gasteiger partial charge in [-0.3, -0.25) is 4.79 Å². The van der Waals surface area contributed by atoms with Crippen LogP contribution in [0.3, 0.4) is 0 Å². The Morgan fingerprint density at radius 2 is 1.33 bits per heavy atom. The van der Waals surface area contributed by atoms with Gasteiger partial charge in [-0.2, -0.15) is 0 Å². The molecule has 0 spiro atoms. The smallest absolute Gasteiger partial charge is 0.193 e. The van der Waals surface area contributed by atoms with Crippen LogP contribution in [0.2, 0.25) is 0 Å². The van der Waals surface area contributed by atoms with Crippen molar-refractivity contribution in [2.24, 2.45) is 0 Å². The minimum Gasteiger partial charge on any atom is -0.289 e. The predicted octanol–water partition coefficient (Wildman–Crippen LogP) is 5.35. The average molecular weight is 337 g/mol. The molecule has 0 radical (unpaired) electrons. The monoisotopic (exact) mass is 336 g/mol. The second-order valence-corrected chi connectivity index (χ2v) is 5.66. The zero-order valence-corrected chi connectivity index (χ0v) is 12.9. The molecule has 0 amide bonds. The summed E-state index contributed by atoms with van der Waals surface area (Å²) in [5, 5.41) is 0. The number of ketones is 1. The molecule has 0 aliphatic heterocycles. The van der Waals surface area contributed by atoms with Gasteiger partial charge in [0.2, 0.25) is 0 Å². The molecule has 3 aromatic carbocycles. The van der Waals surface area contributed by atoms with Crippen molar-refractivity contribution in [2.75, 3.05) is 0 Å². The first-order valence-electron chi connectivity index (χ1n) is 6.70. The number of hydrogen-bond acceptors (Lipinski definition) is 1. The van der Waals surface area contributed by atoms with Gasteiger partial charge in [-0.05, 0) is 23.3 Å². The van der Waals surface area contributed by atoms with Crippen molar-refractivity contribution in [3.05, 3.63) is 94.5 Å². The fraction of sp³-hybridized carbons (Fsp3) is 0. The molecule has 102 valence electrons. The van der Waals surface area contributed by atoms with Crippen molar-refractivity contribution in [1.29, 1.82) is 0 Å². The van der Waals surface area contributed by atoms with Crippen LogP contribution < -0.4 is 0 Å². The Morgan fingerprint density at radius 3 is 2.05 bits per heavy atom. The molecule has 3 rings (SSSR count). The van der Waals surface area contributed by atoms with Gasteiger partial charge >= 0.3 is 0 Å². The predicted molar refractivity (Wildman–Crippen MR) is 89.5 cm³/mol. The van der Waals surface area contributed by atoms with Crippen LogP contribution in [0.15, 0.2) is 83.3 Å².